The summed E-state index contributed by atoms with van der Waals surface area (Å²) in [6.07, 6.45) is 98.5. The Bertz CT molecular complexity index is 1700. The van der Waals surface area contributed by atoms with Gasteiger partial charge in [-0.25, -0.2) is 0 Å². The zero-order valence-electron chi connectivity index (χ0n) is 54.4. The van der Waals surface area contributed by atoms with E-state index in [0.29, 0.717) is 19.3 Å². The molecule has 474 valence electrons. The molecule has 0 aliphatic heterocycles. The van der Waals surface area contributed by atoms with Crippen molar-refractivity contribution < 1.29 is 28.6 Å². The summed E-state index contributed by atoms with van der Waals surface area (Å²) in [5.41, 5.74) is 0. The third-order valence-electron chi connectivity index (χ3n) is 15.0. The first-order valence-electron chi connectivity index (χ1n) is 35.0. The van der Waals surface area contributed by atoms with Crippen molar-refractivity contribution in [3.8, 4) is 0 Å². The molecule has 0 aliphatic carbocycles. The number of ether oxygens (including phenoxy) is 3. The zero-order chi connectivity index (χ0) is 59.9. The number of hydrogen-bond acceptors (Lipinski definition) is 6. The Hall–Kier alpha value is -4.19. The van der Waals surface area contributed by atoms with E-state index in [9.17, 15) is 14.4 Å². The summed E-state index contributed by atoms with van der Waals surface area (Å²) >= 11 is 0. The van der Waals surface area contributed by atoms with Crippen LogP contribution in [0.5, 0.6) is 0 Å². The van der Waals surface area contributed by atoms with Gasteiger partial charge < -0.3 is 14.2 Å². The van der Waals surface area contributed by atoms with Crippen LogP contribution in [0.1, 0.15) is 329 Å². The maximum atomic E-state index is 12.9. The minimum atomic E-state index is -0.785. The van der Waals surface area contributed by atoms with Crippen molar-refractivity contribution >= 4 is 17.9 Å². The number of unbranched alkanes of at least 4 members (excludes halogenated alkanes) is 32. The van der Waals surface area contributed by atoms with Crippen molar-refractivity contribution in [2.45, 2.75) is 335 Å². The van der Waals surface area contributed by atoms with Gasteiger partial charge in [-0.3, -0.25) is 14.4 Å². The molecule has 0 heterocycles. The highest BCUT2D eigenvalue weighted by Crippen LogP contribution is 2.17. The van der Waals surface area contributed by atoms with Crippen LogP contribution in [0.4, 0.5) is 0 Å². The predicted molar refractivity (Wildman–Crippen MR) is 362 cm³/mol. The van der Waals surface area contributed by atoms with Crippen LogP contribution in [-0.4, -0.2) is 37.2 Å². The number of carbonyl (C=O) groups excluding carboxylic acids is 3. The van der Waals surface area contributed by atoms with E-state index in [1.165, 1.54) is 148 Å². The largest absolute Gasteiger partial charge is 0.462 e. The summed E-state index contributed by atoms with van der Waals surface area (Å²) in [7, 11) is 0. The van der Waals surface area contributed by atoms with Crippen molar-refractivity contribution in [2.24, 2.45) is 0 Å². The van der Waals surface area contributed by atoms with Gasteiger partial charge in [0.1, 0.15) is 13.2 Å². The predicted octanol–water partition coefficient (Wildman–Crippen LogP) is 24.3. The highest BCUT2D eigenvalue weighted by Gasteiger charge is 2.19. The van der Waals surface area contributed by atoms with Crippen LogP contribution in [0, 0.1) is 0 Å². The molecular formula is C77H130O6. The fourth-order valence-electron chi connectivity index (χ4n) is 9.73. The normalized spacial score (nSPS) is 12.9. The van der Waals surface area contributed by atoms with E-state index < -0.39 is 6.10 Å². The second kappa shape index (κ2) is 70.3. The molecule has 0 N–H and O–H groups in total. The SMILES string of the molecule is CC/C=C\C/C=C\C/C=C\C/C=C\C/C=C\C/C=C\C/C=C\C/C=C\C/C=C\CCCCCCCC(=O)OCC(COC(=O)CCCCCCC)OC(=O)CCCCCCCCCCCCCCCCC/C=C\CCCCCCCCCC. The maximum Gasteiger partial charge on any atom is 0.306 e. The third kappa shape index (κ3) is 68.5. The molecule has 0 bridgehead atoms. The van der Waals surface area contributed by atoms with E-state index >= 15 is 0 Å². The van der Waals surface area contributed by atoms with Gasteiger partial charge in [-0.1, -0.05) is 316 Å². The van der Waals surface area contributed by atoms with Crippen LogP contribution >= 0.6 is 0 Å². The van der Waals surface area contributed by atoms with E-state index in [0.717, 1.165) is 141 Å². The van der Waals surface area contributed by atoms with E-state index in [1.54, 1.807) is 0 Å². The molecule has 6 nitrogen and oxygen atoms in total. The smallest absolute Gasteiger partial charge is 0.306 e. The molecule has 1 atom stereocenters. The molecule has 0 aromatic carbocycles. The molecule has 0 fully saturated rings. The maximum absolute atomic E-state index is 12.9. The van der Waals surface area contributed by atoms with Crippen molar-refractivity contribution in [1.29, 1.82) is 0 Å². The average Bonchev–Trinajstić information content (AvgIpc) is 3.49. The molecule has 0 rings (SSSR count). The average molecular weight is 1150 g/mol. The third-order valence-corrected chi connectivity index (χ3v) is 15.0. The van der Waals surface area contributed by atoms with Crippen molar-refractivity contribution in [3.63, 3.8) is 0 Å². The van der Waals surface area contributed by atoms with Crippen molar-refractivity contribution in [1.82, 2.24) is 0 Å². The van der Waals surface area contributed by atoms with Crippen molar-refractivity contribution in [2.75, 3.05) is 13.2 Å². The van der Waals surface area contributed by atoms with Gasteiger partial charge in [0.2, 0.25) is 0 Å². The second-order valence-corrected chi connectivity index (χ2v) is 23.1. The van der Waals surface area contributed by atoms with Gasteiger partial charge >= 0.3 is 17.9 Å². The number of rotatable bonds is 63. The molecule has 0 aromatic heterocycles. The number of hydrogen-bond donors (Lipinski definition) is 0. The summed E-state index contributed by atoms with van der Waals surface area (Å²) in [5.74, 6) is -0.910. The molecule has 0 aromatic rings. The molecular weight excluding hydrogens is 1020 g/mol. The van der Waals surface area contributed by atoms with E-state index in [-0.39, 0.29) is 31.1 Å². The first kappa shape index (κ1) is 78.8. The van der Waals surface area contributed by atoms with Gasteiger partial charge in [-0.15, -0.1) is 0 Å². The summed E-state index contributed by atoms with van der Waals surface area (Å²) in [6, 6.07) is 0. The lowest BCUT2D eigenvalue weighted by molar-refractivity contribution is -0.167. The molecule has 83 heavy (non-hydrogen) atoms. The molecule has 0 saturated carbocycles. The summed E-state index contributed by atoms with van der Waals surface area (Å²) in [6.45, 7) is 6.45. The van der Waals surface area contributed by atoms with E-state index in [4.69, 9.17) is 14.2 Å². The van der Waals surface area contributed by atoms with Crippen LogP contribution < -0.4 is 0 Å². The molecule has 1 unspecified atom stereocenters. The highest BCUT2D eigenvalue weighted by atomic mass is 16.6. The monoisotopic (exact) mass is 1150 g/mol. The quantitative estimate of drug-likeness (QED) is 0.0261. The lowest BCUT2D eigenvalue weighted by Crippen LogP contribution is -2.30. The number of allylic oxidation sites excluding steroid dienone is 20. The standard InChI is InChI=1S/C77H130O6/c1-4-7-10-13-15-17-19-21-23-25-27-29-31-33-35-36-37-38-39-40-42-43-45-47-49-51-53-55-57-59-61-64-67-70-76(79)82-73-74(72-81-75(78)69-66-63-12-9-6-3)83-77(80)71-68-65-62-60-58-56-54-52-50-48-46-44-41-34-32-30-28-26-24-22-20-18-16-14-11-8-5-2/h7,10,15,17,21,23,26-29,33,35,37-38,40,42,45,47,51,53,74H,4-6,8-9,11-14,16,18-20,22,24-25,30-32,34,36,39,41,43-44,46,48-50,52,54-73H2,1-3H3/b10-7-,17-15-,23-21-,28-26-,29-27-,35-33-,38-37-,42-40-,47-45-,53-51-. The summed E-state index contributed by atoms with van der Waals surface area (Å²) in [4.78, 5) is 38.0. The van der Waals surface area contributed by atoms with E-state index in [1.807, 2.05) is 0 Å². The van der Waals surface area contributed by atoms with Crippen LogP contribution in [0.3, 0.4) is 0 Å². The minimum absolute atomic E-state index is 0.0846. The fourth-order valence-corrected chi connectivity index (χ4v) is 9.73. The van der Waals surface area contributed by atoms with Gasteiger partial charge in [0.05, 0.1) is 0 Å². The van der Waals surface area contributed by atoms with Crippen LogP contribution in [0.15, 0.2) is 122 Å². The molecule has 0 aliphatic rings. The second-order valence-electron chi connectivity index (χ2n) is 23.1. The number of carbonyl (C=O) groups is 3. The Morgan fingerprint density at radius 3 is 0.747 bits per heavy atom. The van der Waals surface area contributed by atoms with Gasteiger partial charge in [-0.2, -0.15) is 0 Å². The number of esters is 3. The van der Waals surface area contributed by atoms with Crippen molar-refractivity contribution in [3.05, 3.63) is 122 Å². The van der Waals surface area contributed by atoms with Gasteiger partial charge in [0, 0.05) is 19.3 Å². The van der Waals surface area contributed by atoms with Gasteiger partial charge in [0.15, 0.2) is 6.10 Å². The van der Waals surface area contributed by atoms with Crippen LogP contribution in [0.2, 0.25) is 0 Å². The van der Waals surface area contributed by atoms with Crippen LogP contribution in [0.25, 0.3) is 0 Å². The van der Waals surface area contributed by atoms with E-state index in [2.05, 4.69) is 142 Å². The zero-order valence-corrected chi connectivity index (χ0v) is 54.4. The Morgan fingerprint density at radius 1 is 0.253 bits per heavy atom. The first-order chi connectivity index (χ1) is 41.0. The molecule has 0 amide bonds. The van der Waals surface area contributed by atoms with Gasteiger partial charge in [-0.05, 0) is 116 Å². The molecule has 0 saturated heterocycles. The Labute approximate surface area is 513 Å². The molecule has 6 heteroatoms. The lowest BCUT2D eigenvalue weighted by atomic mass is 10.0. The Kier molecular flexibility index (Phi) is 66.7. The summed E-state index contributed by atoms with van der Waals surface area (Å²) < 4.78 is 16.8. The first-order valence-corrected chi connectivity index (χ1v) is 35.0. The van der Waals surface area contributed by atoms with Crippen LogP contribution in [-0.2, 0) is 28.6 Å². The molecule has 0 radical (unpaired) electrons. The fraction of sp³-hybridized carbons (Fsp3) is 0.701. The summed E-state index contributed by atoms with van der Waals surface area (Å²) in [5, 5.41) is 0. The Morgan fingerprint density at radius 2 is 0.470 bits per heavy atom. The minimum Gasteiger partial charge on any atom is -0.462 e. The molecule has 0 spiro atoms. The topological polar surface area (TPSA) is 78.9 Å². The highest BCUT2D eigenvalue weighted by molar-refractivity contribution is 5.71. The Balaban J connectivity index is 4.07. The van der Waals surface area contributed by atoms with Gasteiger partial charge in [0.25, 0.3) is 0 Å². The lowest BCUT2D eigenvalue weighted by Gasteiger charge is -2.18.